The van der Waals surface area contributed by atoms with E-state index in [-0.39, 0.29) is 28.9 Å². The van der Waals surface area contributed by atoms with Crippen LogP contribution in [0.5, 0.6) is 0 Å². The van der Waals surface area contributed by atoms with Crippen molar-refractivity contribution in [3.63, 3.8) is 0 Å². The highest BCUT2D eigenvalue weighted by atomic mass is 35.5. The van der Waals surface area contributed by atoms with Crippen molar-refractivity contribution in [1.29, 1.82) is 0 Å². The third kappa shape index (κ3) is 4.78. The smallest absolute Gasteiger partial charge is 0.253 e. The van der Waals surface area contributed by atoms with E-state index in [2.05, 4.69) is 15.6 Å². The molecule has 2 aromatic carbocycles. The largest absolute Gasteiger partial charge is 0.361 e. The number of nitrogens with one attached hydrogen (secondary N) is 3. The zero-order chi connectivity index (χ0) is 19.4. The van der Waals surface area contributed by atoms with Gasteiger partial charge in [0.05, 0.1) is 17.1 Å². The van der Waals surface area contributed by atoms with E-state index in [1.165, 1.54) is 24.3 Å². The Balaban J connectivity index is 1.48. The standard InChI is InChI=1S/C19H16Cl2FN3O2/c20-12-1-3-14(16(21)7-12)19(27)25-10-18(26)23-6-5-11-9-24-17-4-2-13(22)8-15(11)17/h1-4,7-9,24H,5-6,10H2,(H,23,26)(H,25,27). The maximum atomic E-state index is 13.4. The first-order valence-corrected chi connectivity index (χ1v) is 8.95. The summed E-state index contributed by atoms with van der Waals surface area (Å²) in [6, 6.07) is 9.02. The molecule has 0 fully saturated rings. The van der Waals surface area contributed by atoms with Crippen molar-refractivity contribution in [2.45, 2.75) is 6.42 Å². The number of carbonyl (C=O) groups excluding carboxylic acids is 2. The molecule has 0 aliphatic heterocycles. The van der Waals surface area contributed by atoms with E-state index in [0.717, 1.165) is 16.5 Å². The second kappa shape index (κ2) is 8.41. The molecule has 0 aliphatic rings. The summed E-state index contributed by atoms with van der Waals surface area (Å²) < 4.78 is 13.4. The SMILES string of the molecule is O=C(CNC(=O)c1ccc(Cl)cc1Cl)NCCc1c[nH]c2ccc(F)cc12. The van der Waals surface area contributed by atoms with Crippen molar-refractivity contribution in [3.05, 3.63) is 69.6 Å². The van der Waals surface area contributed by atoms with E-state index in [1.54, 1.807) is 18.3 Å². The lowest BCUT2D eigenvalue weighted by Gasteiger charge is -2.08. The highest BCUT2D eigenvalue weighted by molar-refractivity contribution is 6.36. The number of benzene rings is 2. The molecule has 3 rings (SSSR count). The Kier molecular flexibility index (Phi) is 5.98. The summed E-state index contributed by atoms with van der Waals surface area (Å²) >= 11 is 11.8. The zero-order valence-corrected chi connectivity index (χ0v) is 15.6. The first kappa shape index (κ1) is 19.2. The number of hydrogen-bond acceptors (Lipinski definition) is 2. The quantitative estimate of drug-likeness (QED) is 0.582. The van der Waals surface area contributed by atoms with Gasteiger partial charge in [0.15, 0.2) is 0 Å². The topological polar surface area (TPSA) is 74.0 Å². The lowest BCUT2D eigenvalue weighted by molar-refractivity contribution is -0.120. The minimum absolute atomic E-state index is 0.180. The van der Waals surface area contributed by atoms with E-state index < -0.39 is 5.91 Å². The molecule has 1 heterocycles. The number of halogens is 3. The molecule has 5 nitrogen and oxygen atoms in total. The highest BCUT2D eigenvalue weighted by Gasteiger charge is 2.12. The Morgan fingerprint density at radius 1 is 1.07 bits per heavy atom. The molecule has 0 aliphatic carbocycles. The van der Waals surface area contributed by atoms with Crippen LogP contribution in [0.3, 0.4) is 0 Å². The van der Waals surface area contributed by atoms with Crippen LogP contribution in [0.25, 0.3) is 10.9 Å². The number of aromatic nitrogens is 1. The normalized spacial score (nSPS) is 10.8. The van der Waals surface area contributed by atoms with Crippen molar-refractivity contribution in [2.75, 3.05) is 13.1 Å². The Morgan fingerprint density at radius 3 is 2.67 bits per heavy atom. The van der Waals surface area contributed by atoms with Crippen LogP contribution in [0.4, 0.5) is 4.39 Å². The minimum atomic E-state index is -0.459. The van der Waals surface area contributed by atoms with Gasteiger partial charge in [-0.1, -0.05) is 23.2 Å². The molecule has 0 unspecified atom stereocenters. The minimum Gasteiger partial charge on any atom is -0.361 e. The molecular formula is C19H16Cl2FN3O2. The molecule has 0 atom stereocenters. The van der Waals surface area contributed by atoms with E-state index in [1.807, 2.05) is 0 Å². The summed E-state index contributed by atoms with van der Waals surface area (Å²) in [5, 5.41) is 6.65. The second-order valence-electron chi connectivity index (χ2n) is 5.91. The summed E-state index contributed by atoms with van der Waals surface area (Å²) in [6.07, 6.45) is 2.33. The summed E-state index contributed by atoms with van der Waals surface area (Å²) in [5.41, 5.74) is 1.99. The van der Waals surface area contributed by atoms with Gasteiger partial charge in [-0.05, 0) is 48.4 Å². The van der Waals surface area contributed by atoms with Crippen LogP contribution >= 0.6 is 23.2 Å². The first-order valence-electron chi connectivity index (χ1n) is 8.19. The van der Waals surface area contributed by atoms with Crippen molar-refractivity contribution < 1.29 is 14.0 Å². The monoisotopic (exact) mass is 407 g/mol. The Labute approximate surface area is 164 Å². The van der Waals surface area contributed by atoms with Crippen LogP contribution in [0.2, 0.25) is 10.0 Å². The molecule has 2 amide bonds. The van der Waals surface area contributed by atoms with E-state index >= 15 is 0 Å². The molecule has 8 heteroatoms. The predicted octanol–water partition coefficient (Wildman–Crippen LogP) is 3.70. The Morgan fingerprint density at radius 2 is 1.89 bits per heavy atom. The Hall–Kier alpha value is -2.57. The number of fused-ring (bicyclic) bond motifs is 1. The van der Waals surface area contributed by atoms with Crippen LogP contribution in [0.1, 0.15) is 15.9 Å². The second-order valence-corrected chi connectivity index (χ2v) is 6.75. The summed E-state index contributed by atoms with van der Waals surface area (Å²) in [6.45, 7) is 0.181. The average molecular weight is 408 g/mol. The van der Waals surface area contributed by atoms with Crippen molar-refractivity contribution in [3.8, 4) is 0 Å². The van der Waals surface area contributed by atoms with E-state index in [4.69, 9.17) is 23.2 Å². The van der Waals surface area contributed by atoms with E-state index in [9.17, 15) is 14.0 Å². The molecule has 27 heavy (non-hydrogen) atoms. The summed E-state index contributed by atoms with van der Waals surface area (Å²) in [4.78, 5) is 27.0. The van der Waals surface area contributed by atoms with Crippen LogP contribution in [-0.4, -0.2) is 29.9 Å². The van der Waals surface area contributed by atoms with Crippen molar-refractivity contribution >= 4 is 45.9 Å². The third-order valence-corrected chi connectivity index (χ3v) is 4.58. The Bertz CT molecular complexity index is 1000. The number of hydrogen-bond donors (Lipinski definition) is 3. The zero-order valence-electron chi connectivity index (χ0n) is 14.1. The maximum Gasteiger partial charge on any atom is 0.253 e. The third-order valence-electron chi connectivity index (χ3n) is 4.03. The summed E-state index contributed by atoms with van der Waals surface area (Å²) in [7, 11) is 0. The van der Waals surface area contributed by atoms with Crippen LogP contribution in [-0.2, 0) is 11.2 Å². The molecule has 0 spiro atoms. The van der Waals surface area contributed by atoms with E-state index in [0.29, 0.717) is 18.0 Å². The van der Waals surface area contributed by atoms with Crippen molar-refractivity contribution in [1.82, 2.24) is 15.6 Å². The van der Waals surface area contributed by atoms with Gasteiger partial charge < -0.3 is 15.6 Å². The van der Waals surface area contributed by atoms with Gasteiger partial charge in [0.2, 0.25) is 5.91 Å². The van der Waals surface area contributed by atoms with Gasteiger partial charge >= 0.3 is 0 Å². The fourth-order valence-corrected chi connectivity index (χ4v) is 3.18. The van der Waals surface area contributed by atoms with Crippen LogP contribution < -0.4 is 10.6 Å². The van der Waals surface area contributed by atoms with Gasteiger partial charge in [0.25, 0.3) is 5.91 Å². The molecule has 0 bridgehead atoms. The van der Waals surface area contributed by atoms with Gasteiger partial charge in [-0.15, -0.1) is 0 Å². The summed E-state index contributed by atoms with van der Waals surface area (Å²) in [5.74, 6) is -1.10. The molecule has 0 saturated carbocycles. The van der Waals surface area contributed by atoms with Gasteiger partial charge in [0, 0.05) is 28.7 Å². The fourth-order valence-electron chi connectivity index (χ4n) is 2.69. The van der Waals surface area contributed by atoms with Crippen LogP contribution in [0.15, 0.2) is 42.6 Å². The highest BCUT2D eigenvalue weighted by Crippen LogP contribution is 2.21. The number of carbonyl (C=O) groups is 2. The molecule has 140 valence electrons. The number of rotatable bonds is 6. The molecule has 1 aromatic heterocycles. The molecule has 3 aromatic rings. The number of aromatic amines is 1. The van der Waals surface area contributed by atoms with Crippen LogP contribution in [0, 0.1) is 5.82 Å². The first-order chi connectivity index (χ1) is 12.9. The lowest BCUT2D eigenvalue weighted by Crippen LogP contribution is -2.37. The van der Waals surface area contributed by atoms with Gasteiger partial charge in [-0.3, -0.25) is 9.59 Å². The lowest BCUT2D eigenvalue weighted by atomic mass is 10.1. The molecule has 0 radical (unpaired) electrons. The number of H-pyrrole nitrogens is 1. The number of amides is 2. The van der Waals surface area contributed by atoms with Gasteiger partial charge in [-0.25, -0.2) is 4.39 Å². The molecular weight excluding hydrogens is 392 g/mol. The fraction of sp³-hybridized carbons (Fsp3) is 0.158. The van der Waals surface area contributed by atoms with Crippen molar-refractivity contribution in [2.24, 2.45) is 0 Å². The maximum absolute atomic E-state index is 13.4. The molecule has 3 N–H and O–H groups in total. The molecule has 0 saturated heterocycles. The van der Waals surface area contributed by atoms with Gasteiger partial charge in [0.1, 0.15) is 5.82 Å². The predicted molar refractivity (Wildman–Crippen MR) is 104 cm³/mol. The van der Waals surface area contributed by atoms with Gasteiger partial charge in [-0.2, -0.15) is 0 Å². The average Bonchev–Trinajstić information content (AvgIpc) is 3.02.